The quantitative estimate of drug-likeness (QED) is 0.624. The molecule has 0 aliphatic heterocycles. The minimum atomic E-state index is -1.32. The normalized spacial score (nSPS) is 13.5. The van der Waals surface area contributed by atoms with Crippen LogP contribution in [0.2, 0.25) is 0 Å². The maximum absolute atomic E-state index is 12.1. The second kappa shape index (κ2) is 7.71. The molecule has 0 saturated carbocycles. The number of carboxylic acids is 1. The lowest BCUT2D eigenvalue weighted by Crippen LogP contribution is -2.94. The predicted molar refractivity (Wildman–Crippen MR) is 84.5 cm³/mol. The summed E-state index contributed by atoms with van der Waals surface area (Å²) in [7, 11) is 0. The molecule has 6 nitrogen and oxygen atoms in total. The highest BCUT2D eigenvalue weighted by molar-refractivity contribution is 6.02. The largest absolute Gasteiger partial charge is 0.544 e. The number of aliphatic carboxylic acids is 1. The number of aliphatic hydroxyl groups is 1. The number of quaternary nitrogens is 1. The summed E-state index contributed by atoms with van der Waals surface area (Å²) in [5.74, 6) is -1.73. The molecule has 122 valence electrons. The second-order valence-electron chi connectivity index (χ2n) is 5.52. The summed E-state index contributed by atoms with van der Waals surface area (Å²) in [6.45, 7) is 1.75. The summed E-state index contributed by atoms with van der Waals surface area (Å²) >= 11 is 0. The zero-order chi connectivity index (χ0) is 16.8. The summed E-state index contributed by atoms with van der Waals surface area (Å²) < 4.78 is 0. The third-order valence-electron chi connectivity index (χ3n) is 3.53. The van der Waals surface area contributed by atoms with Gasteiger partial charge in [0.15, 0.2) is 0 Å². The third kappa shape index (κ3) is 4.77. The van der Waals surface area contributed by atoms with Crippen molar-refractivity contribution in [3.05, 3.63) is 42.5 Å². The second-order valence-corrected chi connectivity index (χ2v) is 5.52. The van der Waals surface area contributed by atoms with E-state index in [-0.39, 0.29) is 13.0 Å². The van der Waals surface area contributed by atoms with Crippen molar-refractivity contribution in [1.82, 2.24) is 0 Å². The van der Waals surface area contributed by atoms with Crippen molar-refractivity contribution >= 4 is 28.3 Å². The first-order valence-corrected chi connectivity index (χ1v) is 7.47. The van der Waals surface area contributed by atoms with Gasteiger partial charge in [0, 0.05) is 11.1 Å². The molecule has 6 heteroatoms. The Kier molecular flexibility index (Phi) is 5.67. The average molecular weight is 316 g/mol. The molecule has 0 heterocycles. The highest BCUT2D eigenvalue weighted by atomic mass is 16.4. The van der Waals surface area contributed by atoms with Crippen molar-refractivity contribution in [1.29, 1.82) is 0 Å². The Morgan fingerprint density at radius 1 is 1.22 bits per heavy atom. The lowest BCUT2D eigenvalue weighted by atomic mass is 10.1. The van der Waals surface area contributed by atoms with Crippen LogP contribution in [0, 0.1) is 0 Å². The third-order valence-corrected chi connectivity index (χ3v) is 3.53. The molecule has 2 aromatic rings. The summed E-state index contributed by atoms with van der Waals surface area (Å²) in [5, 5.41) is 26.4. The van der Waals surface area contributed by atoms with E-state index in [1.807, 2.05) is 36.4 Å². The minimum Gasteiger partial charge on any atom is -0.544 e. The van der Waals surface area contributed by atoms with Gasteiger partial charge in [0.1, 0.15) is 12.6 Å². The first-order valence-electron chi connectivity index (χ1n) is 7.47. The molecule has 0 fully saturated rings. The molecule has 2 atom stereocenters. The molecular formula is C17H20N2O4. The van der Waals surface area contributed by atoms with Crippen molar-refractivity contribution in [2.45, 2.75) is 25.5 Å². The van der Waals surface area contributed by atoms with Gasteiger partial charge in [0.05, 0.1) is 18.5 Å². The van der Waals surface area contributed by atoms with Crippen LogP contribution in [0.1, 0.15) is 13.3 Å². The Balaban J connectivity index is 2.06. The Bertz CT molecular complexity index is 695. The summed E-state index contributed by atoms with van der Waals surface area (Å²) in [6.07, 6.45) is -0.879. The van der Waals surface area contributed by atoms with Gasteiger partial charge in [-0.05, 0) is 18.4 Å². The summed E-state index contributed by atoms with van der Waals surface area (Å²) in [6, 6.07) is 12.1. The lowest BCUT2D eigenvalue weighted by molar-refractivity contribution is -0.687. The Hall–Kier alpha value is -2.44. The Morgan fingerprint density at radius 3 is 2.61 bits per heavy atom. The van der Waals surface area contributed by atoms with Gasteiger partial charge >= 0.3 is 0 Å². The molecule has 0 unspecified atom stereocenters. The van der Waals surface area contributed by atoms with Gasteiger partial charge in [-0.25, -0.2) is 0 Å². The van der Waals surface area contributed by atoms with E-state index in [9.17, 15) is 19.8 Å². The van der Waals surface area contributed by atoms with E-state index in [0.717, 1.165) is 10.8 Å². The number of rotatable bonds is 7. The SMILES string of the molecule is C[C@@H](O)C[NH2+][C@H](CC(=O)Nc1cccc2ccccc12)C(=O)[O-]. The molecule has 0 aliphatic carbocycles. The Morgan fingerprint density at radius 2 is 1.91 bits per heavy atom. The van der Waals surface area contributed by atoms with Gasteiger partial charge in [-0.15, -0.1) is 0 Å². The monoisotopic (exact) mass is 316 g/mol. The van der Waals surface area contributed by atoms with Crippen LogP contribution in [0.4, 0.5) is 5.69 Å². The van der Waals surface area contributed by atoms with Crippen molar-refractivity contribution in [2.24, 2.45) is 0 Å². The molecule has 0 saturated heterocycles. The van der Waals surface area contributed by atoms with Gasteiger partial charge in [-0.2, -0.15) is 0 Å². The average Bonchev–Trinajstić information content (AvgIpc) is 2.51. The topological polar surface area (TPSA) is 106 Å². The Labute approximate surface area is 134 Å². The molecule has 0 bridgehead atoms. The minimum absolute atomic E-state index is 0.195. The fourth-order valence-corrected chi connectivity index (χ4v) is 2.36. The molecule has 0 aromatic heterocycles. The predicted octanol–water partition coefficient (Wildman–Crippen LogP) is -0.769. The van der Waals surface area contributed by atoms with E-state index in [4.69, 9.17) is 0 Å². The molecule has 2 rings (SSSR count). The fourth-order valence-electron chi connectivity index (χ4n) is 2.36. The van der Waals surface area contributed by atoms with E-state index < -0.39 is 24.0 Å². The zero-order valence-corrected chi connectivity index (χ0v) is 12.9. The zero-order valence-electron chi connectivity index (χ0n) is 12.9. The van der Waals surface area contributed by atoms with Crippen LogP contribution in [0.3, 0.4) is 0 Å². The summed E-state index contributed by atoms with van der Waals surface area (Å²) in [4.78, 5) is 23.2. The number of carbonyl (C=O) groups is 2. The van der Waals surface area contributed by atoms with Crippen LogP contribution in [0.5, 0.6) is 0 Å². The molecule has 4 N–H and O–H groups in total. The van der Waals surface area contributed by atoms with Crippen molar-refractivity contribution in [3.63, 3.8) is 0 Å². The molecular weight excluding hydrogens is 296 g/mol. The van der Waals surface area contributed by atoms with Crippen molar-refractivity contribution < 1.29 is 25.1 Å². The maximum atomic E-state index is 12.1. The molecule has 2 aromatic carbocycles. The van der Waals surface area contributed by atoms with Gasteiger partial charge in [-0.3, -0.25) is 4.79 Å². The highest BCUT2D eigenvalue weighted by Crippen LogP contribution is 2.22. The standard InChI is InChI=1S/C17H20N2O4/c1-11(20)10-18-15(17(22)23)9-16(21)19-14-8-4-6-12-5-2-3-7-13(12)14/h2-8,11,15,18,20H,9-10H2,1H3,(H,19,21)(H,22,23)/t11-,15-/m1/s1. The smallest absolute Gasteiger partial charge is 0.230 e. The number of hydrogen-bond acceptors (Lipinski definition) is 4. The molecule has 23 heavy (non-hydrogen) atoms. The number of carboxylic acid groups (broad SMARTS) is 1. The fraction of sp³-hybridized carbons (Fsp3) is 0.294. The highest BCUT2D eigenvalue weighted by Gasteiger charge is 2.19. The number of nitrogens with one attached hydrogen (secondary N) is 1. The number of anilines is 1. The van der Waals surface area contributed by atoms with Crippen LogP contribution >= 0.6 is 0 Å². The van der Waals surface area contributed by atoms with Gasteiger partial charge < -0.3 is 25.6 Å². The van der Waals surface area contributed by atoms with Crippen LogP contribution in [-0.4, -0.2) is 35.7 Å². The molecule has 0 spiro atoms. The van der Waals surface area contributed by atoms with E-state index in [1.165, 1.54) is 5.32 Å². The molecule has 0 radical (unpaired) electrons. The van der Waals surface area contributed by atoms with Crippen LogP contribution in [0.15, 0.2) is 42.5 Å². The molecule has 1 amide bonds. The maximum Gasteiger partial charge on any atom is 0.230 e. The number of hydrogen-bond donors (Lipinski definition) is 3. The van der Waals surface area contributed by atoms with Crippen molar-refractivity contribution in [3.8, 4) is 0 Å². The number of fused-ring (bicyclic) bond motifs is 1. The first kappa shape index (κ1) is 16.9. The van der Waals surface area contributed by atoms with Gasteiger partial charge in [0.25, 0.3) is 0 Å². The number of amides is 1. The van der Waals surface area contributed by atoms with E-state index in [0.29, 0.717) is 5.69 Å². The van der Waals surface area contributed by atoms with Crippen LogP contribution < -0.4 is 15.7 Å². The number of nitrogens with two attached hydrogens (primary N) is 1. The van der Waals surface area contributed by atoms with E-state index in [2.05, 4.69) is 5.32 Å². The van der Waals surface area contributed by atoms with Gasteiger partial charge in [0.2, 0.25) is 5.91 Å². The lowest BCUT2D eigenvalue weighted by Gasteiger charge is -2.17. The molecule has 0 aliphatic rings. The number of benzene rings is 2. The van der Waals surface area contributed by atoms with E-state index >= 15 is 0 Å². The van der Waals surface area contributed by atoms with Crippen molar-refractivity contribution in [2.75, 3.05) is 11.9 Å². The number of carbonyl (C=O) groups excluding carboxylic acids is 2. The first-order chi connectivity index (χ1) is 11.0. The van der Waals surface area contributed by atoms with Gasteiger partial charge in [-0.1, -0.05) is 36.4 Å². The van der Waals surface area contributed by atoms with Crippen LogP contribution in [0.25, 0.3) is 10.8 Å². The summed E-state index contributed by atoms with van der Waals surface area (Å²) in [5.41, 5.74) is 0.640. The number of aliphatic hydroxyl groups excluding tert-OH is 1. The van der Waals surface area contributed by atoms with Crippen LogP contribution in [-0.2, 0) is 9.59 Å². The van der Waals surface area contributed by atoms with E-state index in [1.54, 1.807) is 13.0 Å².